The number of ether oxygens (including phenoxy) is 2. The van der Waals surface area contributed by atoms with Crippen molar-refractivity contribution in [2.45, 2.75) is 44.2 Å². The predicted molar refractivity (Wildman–Crippen MR) is 87.2 cm³/mol. The van der Waals surface area contributed by atoms with Crippen molar-refractivity contribution >= 4 is 10.8 Å². The van der Waals surface area contributed by atoms with Crippen LogP contribution in [0, 0.1) is 6.92 Å². The zero-order chi connectivity index (χ0) is 17.3. The monoisotopic (exact) mass is 334 g/mol. The molecule has 1 aliphatic heterocycles. The first kappa shape index (κ1) is 17.3. The van der Waals surface area contributed by atoms with Gasteiger partial charge < -0.3 is 29.9 Å². The molecule has 1 saturated heterocycles. The van der Waals surface area contributed by atoms with Crippen LogP contribution in [0.15, 0.2) is 36.4 Å². The van der Waals surface area contributed by atoms with Gasteiger partial charge in [0.25, 0.3) is 0 Å². The van der Waals surface area contributed by atoms with Gasteiger partial charge in [0, 0.05) is 0 Å². The quantitative estimate of drug-likeness (QED) is 0.648. The number of aryl methyl sites for hydroxylation is 1. The number of rotatable bonds is 4. The molecule has 0 radical (unpaired) electrons. The van der Waals surface area contributed by atoms with Crippen LogP contribution in [0.2, 0.25) is 0 Å². The number of benzene rings is 2. The minimum Gasteiger partial charge on any atom is -0.394 e. The molecule has 5 atom stereocenters. The van der Waals surface area contributed by atoms with Gasteiger partial charge in [-0.3, -0.25) is 0 Å². The first-order valence-electron chi connectivity index (χ1n) is 7.92. The maximum absolute atomic E-state index is 10.0. The number of aliphatic hydroxyl groups is 4. The lowest BCUT2D eigenvalue weighted by atomic mass is 9.99. The fourth-order valence-electron chi connectivity index (χ4n) is 3.02. The second-order valence-electron chi connectivity index (χ2n) is 6.10. The SMILES string of the molecule is Cc1ccc(COC2OC(CO)C(O)C(O)C2O)c2ccccc12. The minimum absolute atomic E-state index is 0.170. The average molecular weight is 334 g/mol. The lowest BCUT2D eigenvalue weighted by Gasteiger charge is -2.39. The van der Waals surface area contributed by atoms with Crippen LogP contribution >= 0.6 is 0 Å². The maximum atomic E-state index is 10.0. The molecule has 0 spiro atoms. The van der Waals surface area contributed by atoms with Gasteiger partial charge in [-0.05, 0) is 28.8 Å². The summed E-state index contributed by atoms with van der Waals surface area (Å²) in [4.78, 5) is 0. The number of hydrogen-bond donors (Lipinski definition) is 4. The van der Waals surface area contributed by atoms with E-state index in [1.54, 1.807) is 0 Å². The van der Waals surface area contributed by atoms with Crippen molar-refractivity contribution in [1.82, 2.24) is 0 Å². The molecular formula is C18H22O6. The van der Waals surface area contributed by atoms with Gasteiger partial charge in [0.1, 0.15) is 24.4 Å². The Labute approximate surface area is 139 Å². The van der Waals surface area contributed by atoms with Crippen LogP contribution in [-0.2, 0) is 16.1 Å². The Balaban J connectivity index is 1.77. The Bertz CT molecular complexity index is 701. The molecule has 6 nitrogen and oxygen atoms in total. The summed E-state index contributed by atoms with van der Waals surface area (Å²) in [5.41, 5.74) is 2.08. The van der Waals surface area contributed by atoms with Gasteiger partial charge >= 0.3 is 0 Å². The smallest absolute Gasteiger partial charge is 0.187 e. The summed E-state index contributed by atoms with van der Waals surface area (Å²) < 4.78 is 11.0. The number of hydrogen-bond acceptors (Lipinski definition) is 6. The van der Waals surface area contributed by atoms with E-state index in [2.05, 4.69) is 0 Å². The summed E-state index contributed by atoms with van der Waals surface area (Å²) in [5, 5.41) is 41.0. The molecule has 130 valence electrons. The van der Waals surface area contributed by atoms with E-state index in [4.69, 9.17) is 9.47 Å². The number of aliphatic hydroxyl groups excluding tert-OH is 4. The average Bonchev–Trinajstić information content (AvgIpc) is 2.61. The molecule has 4 N–H and O–H groups in total. The van der Waals surface area contributed by atoms with Gasteiger partial charge in [0.15, 0.2) is 6.29 Å². The Hall–Kier alpha value is -1.54. The van der Waals surface area contributed by atoms with E-state index in [9.17, 15) is 20.4 Å². The molecule has 0 aliphatic carbocycles. The minimum atomic E-state index is -1.43. The first-order chi connectivity index (χ1) is 11.5. The molecule has 0 aromatic heterocycles. The molecule has 24 heavy (non-hydrogen) atoms. The maximum Gasteiger partial charge on any atom is 0.187 e. The van der Waals surface area contributed by atoms with Gasteiger partial charge in [-0.25, -0.2) is 0 Å². The van der Waals surface area contributed by atoms with Crippen LogP contribution in [0.3, 0.4) is 0 Å². The van der Waals surface area contributed by atoms with Gasteiger partial charge in [-0.2, -0.15) is 0 Å². The van der Waals surface area contributed by atoms with Crippen molar-refractivity contribution < 1.29 is 29.9 Å². The molecule has 0 bridgehead atoms. The molecule has 0 saturated carbocycles. The first-order valence-corrected chi connectivity index (χ1v) is 7.92. The predicted octanol–water partition coefficient (Wildman–Crippen LogP) is 0.465. The van der Waals surface area contributed by atoms with Crippen LogP contribution < -0.4 is 0 Å². The van der Waals surface area contributed by atoms with E-state index in [0.717, 1.165) is 21.9 Å². The summed E-state index contributed by atoms with van der Waals surface area (Å²) in [5.74, 6) is 0. The fraction of sp³-hybridized carbons (Fsp3) is 0.444. The molecule has 2 aromatic carbocycles. The van der Waals surface area contributed by atoms with E-state index < -0.39 is 37.3 Å². The van der Waals surface area contributed by atoms with Crippen molar-refractivity contribution in [2.24, 2.45) is 0 Å². The molecular weight excluding hydrogens is 312 g/mol. The lowest BCUT2D eigenvalue weighted by Crippen LogP contribution is -2.59. The Morgan fingerprint density at radius 1 is 0.958 bits per heavy atom. The molecule has 6 heteroatoms. The molecule has 2 aromatic rings. The van der Waals surface area contributed by atoms with Crippen LogP contribution in [0.5, 0.6) is 0 Å². The summed E-state index contributed by atoms with van der Waals surface area (Å²) >= 11 is 0. The second-order valence-corrected chi connectivity index (χ2v) is 6.10. The Kier molecular flexibility index (Phi) is 5.15. The molecule has 3 rings (SSSR count). The van der Waals surface area contributed by atoms with E-state index in [1.807, 2.05) is 43.3 Å². The summed E-state index contributed by atoms with van der Waals surface area (Å²) in [6, 6.07) is 11.9. The van der Waals surface area contributed by atoms with Crippen LogP contribution in [0.4, 0.5) is 0 Å². The second kappa shape index (κ2) is 7.14. The zero-order valence-corrected chi connectivity index (χ0v) is 13.4. The van der Waals surface area contributed by atoms with Crippen LogP contribution in [0.1, 0.15) is 11.1 Å². The van der Waals surface area contributed by atoms with Crippen molar-refractivity contribution in [2.75, 3.05) is 6.61 Å². The molecule has 5 unspecified atom stereocenters. The highest BCUT2D eigenvalue weighted by molar-refractivity contribution is 5.88. The topological polar surface area (TPSA) is 99.4 Å². The van der Waals surface area contributed by atoms with E-state index in [1.165, 1.54) is 0 Å². The van der Waals surface area contributed by atoms with Crippen LogP contribution in [-0.4, -0.2) is 57.7 Å². The molecule has 1 fully saturated rings. The van der Waals surface area contributed by atoms with Crippen molar-refractivity contribution in [3.8, 4) is 0 Å². The lowest BCUT2D eigenvalue weighted by molar-refractivity contribution is -0.304. The third-order valence-electron chi connectivity index (χ3n) is 4.48. The van der Waals surface area contributed by atoms with Gasteiger partial charge in [-0.1, -0.05) is 36.4 Å². The third-order valence-corrected chi connectivity index (χ3v) is 4.48. The fourth-order valence-corrected chi connectivity index (χ4v) is 3.02. The Morgan fingerprint density at radius 2 is 1.67 bits per heavy atom. The number of fused-ring (bicyclic) bond motifs is 1. The van der Waals surface area contributed by atoms with Gasteiger partial charge in [-0.15, -0.1) is 0 Å². The van der Waals surface area contributed by atoms with E-state index >= 15 is 0 Å². The molecule has 0 amide bonds. The van der Waals surface area contributed by atoms with E-state index in [0.29, 0.717) is 0 Å². The van der Waals surface area contributed by atoms with Gasteiger partial charge in [0.05, 0.1) is 13.2 Å². The van der Waals surface area contributed by atoms with Crippen molar-refractivity contribution in [1.29, 1.82) is 0 Å². The molecule has 1 heterocycles. The van der Waals surface area contributed by atoms with Gasteiger partial charge in [0.2, 0.25) is 0 Å². The van der Waals surface area contributed by atoms with Crippen LogP contribution in [0.25, 0.3) is 10.8 Å². The highest BCUT2D eigenvalue weighted by atomic mass is 16.7. The summed E-state index contributed by atoms with van der Waals surface area (Å²) in [7, 11) is 0. The highest BCUT2D eigenvalue weighted by Gasteiger charge is 2.43. The third kappa shape index (κ3) is 3.17. The summed E-state index contributed by atoms with van der Waals surface area (Å²) in [6.07, 6.45) is -6.30. The zero-order valence-electron chi connectivity index (χ0n) is 13.4. The van der Waals surface area contributed by atoms with E-state index in [-0.39, 0.29) is 6.61 Å². The van der Waals surface area contributed by atoms with Crippen molar-refractivity contribution in [3.63, 3.8) is 0 Å². The summed E-state index contributed by atoms with van der Waals surface area (Å²) in [6.45, 7) is 1.73. The molecule has 1 aliphatic rings. The highest BCUT2D eigenvalue weighted by Crippen LogP contribution is 2.26. The largest absolute Gasteiger partial charge is 0.394 e. The Morgan fingerprint density at radius 3 is 2.38 bits per heavy atom. The normalized spacial score (nSPS) is 30.6. The van der Waals surface area contributed by atoms with Crippen molar-refractivity contribution in [3.05, 3.63) is 47.5 Å². The standard InChI is InChI=1S/C18H22O6/c1-10-6-7-11(13-5-3-2-4-12(10)13)9-23-18-17(22)16(21)15(20)14(8-19)24-18/h2-7,14-22H,8-9H2,1H3.